The van der Waals surface area contributed by atoms with Crippen LogP contribution < -0.4 is 25.2 Å². The number of morpholine rings is 1. The van der Waals surface area contributed by atoms with Crippen LogP contribution in [0.2, 0.25) is 5.02 Å². The Morgan fingerprint density at radius 1 is 0.949 bits per heavy atom. The molecule has 0 amide bonds. The zero-order chi connectivity index (χ0) is 26.9. The molecule has 5 heterocycles. The Labute approximate surface area is 231 Å². The highest BCUT2D eigenvalue weighted by atomic mass is 35.5. The van der Waals surface area contributed by atoms with Gasteiger partial charge in [0.1, 0.15) is 23.0 Å². The summed E-state index contributed by atoms with van der Waals surface area (Å²) in [5, 5.41) is 10.4. The number of imidazole rings is 1. The Morgan fingerprint density at radius 3 is 2.33 bits per heavy atom. The van der Waals surface area contributed by atoms with Crippen molar-refractivity contribution in [3.8, 4) is 17.0 Å². The number of aliphatic hydroxyl groups is 1. The van der Waals surface area contributed by atoms with Crippen LogP contribution in [0.3, 0.4) is 0 Å². The predicted octanol–water partition coefficient (Wildman–Crippen LogP) is 2.69. The van der Waals surface area contributed by atoms with E-state index in [0.29, 0.717) is 35.5 Å². The van der Waals surface area contributed by atoms with Gasteiger partial charge >= 0.3 is 0 Å². The molecule has 0 unspecified atom stereocenters. The van der Waals surface area contributed by atoms with Crippen LogP contribution in [0, 0.1) is 0 Å². The quantitative estimate of drug-likeness (QED) is 0.371. The Bertz CT molecular complexity index is 1480. The number of hydrogen-bond donors (Lipinski definition) is 2. The molecule has 12 heteroatoms. The van der Waals surface area contributed by atoms with Crippen molar-refractivity contribution < 1.29 is 14.6 Å². The number of rotatable bonds is 6. The molecular weight excluding hydrogens is 520 g/mol. The number of hydrogen-bond acceptors (Lipinski definition) is 10. The number of methoxy groups -OCH3 is 1. The third kappa shape index (κ3) is 5.12. The van der Waals surface area contributed by atoms with Crippen molar-refractivity contribution in [2.24, 2.45) is 0 Å². The molecule has 39 heavy (non-hydrogen) atoms. The maximum absolute atomic E-state index is 9.91. The minimum Gasteiger partial charge on any atom is -0.495 e. The lowest BCUT2D eigenvalue weighted by Crippen LogP contribution is -2.47. The first-order valence-electron chi connectivity index (χ1n) is 13.0. The fourth-order valence-corrected chi connectivity index (χ4v) is 5.41. The molecule has 0 saturated carbocycles. The first-order valence-corrected chi connectivity index (χ1v) is 13.3. The van der Waals surface area contributed by atoms with E-state index in [1.807, 2.05) is 22.9 Å². The van der Waals surface area contributed by atoms with Crippen molar-refractivity contribution in [3.05, 3.63) is 53.3 Å². The molecule has 2 aliphatic rings. The molecule has 4 aromatic rings. The van der Waals surface area contributed by atoms with Crippen molar-refractivity contribution in [2.75, 3.05) is 80.0 Å². The third-order valence-corrected chi connectivity index (χ3v) is 7.58. The van der Waals surface area contributed by atoms with Crippen LogP contribution in [0.15, 0.2) is 42.7 Å². The molecule has 0 atom stereocenters. The molecule has 0 spiro atoms. The molecule has 204 valence electrons. The number of aliphatic hydroxyl groups excluding tert-OH is 1. The van der Waals surface area contributed by atoms with Crippen molar-refractivity contribution in [1.82, 2.24) is 19.4 Å². The summed E-state index contributed by atoms with van der Waals surface area (Å²) >= 11 is 6.37. The van der Waals surface area contributed by atoms with E-state index in [1.54, 1.807) is 19.2 Å². The van der Waals surface area contributed by atoms with Crippen LogP contribution in [0.1, 0.15) is 5.56 Å². The first-order chi connectivity index (χ1) is 19.0. The molecule has 3 aromatic heterocycles. The summed E-state index contributed by atoms with van der Waals surface area (Å²) in [7, 11) is 1.56. The van der Waals surface area contributed by atoms with Gasteiger partial charge in [0, 0.05) is 75.0 Å². The Kier molecular flexibility index (Phi) is 7.03. The van der Waals surface area contributed by atoms with E-state index in [4.69, 9.17) is 31.8 Å². The van der Waals surface area contributed by atoms with Gasteiger partial charge in [-0.1, -0.05) is 11.6 Å². The molecule has 0 aliphatic carbocycles. The maximum Gasteiger partial charge on any atom is 0.223 e. The molecule has 0 bridgehead atoms. The number of piperazine rings is 1. The summed E-state index contributed by atoms with van der Waals surface area (Å²) < 4.78 is 12.7. The number of fused-ring (bicyclic) bond motifs is 1. The third-order valence-electron chi connectivity index (χ3n) is 7.29. The smallest absolute Gasteiger partial charge is 0.223 e. The molecule has 3 N–H and O–H groups in total. The van der Waals surface area contributed by atoms with Gasteiger partial charge in [-0.2, -0.15) is 9.97 Å². The van der Waals surface area contributed by atoms with Crippen molar-refractivity contribution in [2.45, 2.75) is 6.61 Å². The summed E-state index contributed by atoms with van der Waals surface area (Å²) in [5.74, 6) is 2.53. The zero-order valence-corrected chi connectivity index (χ0v) is 22.5. The van der Waals surface area contributed by atoms with Crippen LogP contribution in [0.5, 0.6) is 5.75 Å². The van der Waals surface area contributed by atoms with Gasteiger partial charge in [-0.25, -0.2) is 4.98 Å². The molecule has 1 aromatic carbocycles. The van der Waals surface area contributed by atoms with Gasteiger partial charge in [0.25, 0.3) is 0 Å². The van der Waals surface area contributed by atoms with Crippen LogP contribution >= 0.6 is 11.6 Å². The molecule has 0 radical (unpaired) electrons. The Morgan fingerprint density at radius 2 is 1.64 bits per heavy atom. The van der Waals surface area contributed by atoms with E-state index >= 15 is 0 Å². The second kappa shape index (κ2) is 10.8. The lowest BCUT2D eigenvalue weighted by Gasteiger charge is -2.37. The average molecular weight is 551 g/mol. The van der Waals surface area contributed by atoms with Gasteiger partial charge in [0.05, 0.1) is 37.6 Å². The molecular formula is C27H31ClN8O3. The maximum atomic E-state index is 9.91. The fourth-order valence-electron chi connectivity index (χ4n) is 5.17. The number of nitrogens with two attached hydrogens (primary N) is 1. The highest BCUT2D eigenvalue weighted by molar-refractivity contribution is 6.32. The fraction of sp³-hybridized carbons (Fsp3) is 0.370. The number of ether oxygens (including phenoxy) is 2. The number of benzene rings is 1. The van der Waals surface area contributed by atoms with Crippen LogP contribution in [0.25, 0.3) is 16.9 Å². The number of nitrogens with zero attached hydrogens (tertiary/aromatic N) is 7. The minimum absolute atomic E-state index is 0.141. The van der Waals surface area contributed by atoms with E-state index in [2.05, 4.69) is 36.8 Å². The van der Waals surface area contributed by atoms with Crippen LogP contribution in [-0.2, 0) is 11.3 Å². The van der Waals surface area contributed by atoms with Gasteiger partial charge in [0.2, 0.25) is 5.95 Å². The van der Waals surface area contributed by atoms with Crippen molar-refractivity contribution >= 4 is 40.5 Å². The van der Waals surface area contributed by atoms with E-state index in [-0.39, 0.29) is 6.61 Å². The highest BCUT2D eigenvalue weighted by Gasteiger charge is 2.22. The minimum atomic E-state index is -0.141. The van der Waals surface area contributed by atoms with Gasteiger partial charge in [-0.3, -0.25) is 0 Å². The summed E-state index contributed by atoms with van der Waals surface area (Å²) in [5.41, 5.74) is 10.2. The van der Waals surface area contributed by atoms with E-state index < -0.39 is 0 Å². The normalized spacial score (nSPS) is 16.2. The predicted molar refractivity (Wildman–Crippen MR) is 152 cm³/mol. The van der Waals surface area contributed by atoms with Gasteiger partial charge in [-0.15, -0.1) is 0 Å². The number of pyridine rings is 1. The molecule has 6 rings (SSSR count). The largest absolute Gasteiger partial charge is 0.495 e. The number of anilines is 4. The molecule has 2 aliphatic heterocycles. The lowest BCUT2D eigenvalue weighted by atomic mass is 10.1. The number of halogens is 1. The summed E-state index contributed by atoms with van der Waals surface area (Å²) in [6.45, 7) is 6.14. The molecule has 2 saturated heterocycles. The topological polar surface area (TPSA) is 118 Å². The summed E-state index contributed by atoms with van der Waals surface area (Å²) in [6, 6.07) is 9.75. The molecule has 11 nitrogen and oxygen atoms in total. The van der Waals surface area contributed by atoms with Gasteiger partial charge in [-0.05, 0) is 23.8 Å². The van der Waals surface area contributed by atoms with Gasteiger partial charge < -0.3 is 39.4 Å². The van der Waals surface area contributed by atoms with E-state index in [9.17, 15) is 5.11 Å². The molecule has 2 fully saturated rings. The van der Waals surface area contributed by atoms with Gasteiger partial charge in [0.15, 0.2) is 0 Å². The SMILES string of the molecule is COc1cc(CO)c(-c2cn3ccc(N4CCN(c5cc(N6CCOCC6)nc(N)n5)CC4)cc3n2)cc1Cl. The van der Waals surface area contributed by atoms with E-state index in [1.165, 1.54) is 0 Å². The monoisotopic (exact) mass is 550 g/mol. The van der Waals surface area contributed by atoms with Crippen LogP contribution in [-0.4, -0.2) is 84.1 Å². The summed E-state index contributed by atoms with van der Waals surface area (Å²) in [6.07, 6.45) is 3.96. The second-order valence-electron chi connectivity index (χ2n) is 9.59. The lowest BCUT2D eigenvalue weighted by molar-refractivity contribution is 0.122. The van der Waals surface area contributed by atoms with Crippen molar-refractivity contribution in [1.29, 1.82) is 0 Å². The first kappa shape index (κ1) is 25.5. The van der Waals surface area contributed by atoms with Crippen LogP contribution in [0.4, 0.5) is 23.3 Å². The zero-order valence-electron chi connectivity index (χ0n) is 21.8. The number of nitrogen functional groups attached to an aromatic ring is 1. The van der Waals surface area contributed by atoms with E-state index in [0.717, 1.165) is 73.5 Å². The van der Waals surface area contributed by atoms with Crippen molar-refractivity contribution in [3.63, 3.8) is 0 Å². The number of aromatic nitrogens is 4. The second-order valence-corrected chi connectivity index (χ2v) is 10.0. The Hall–Kier alpha value is -3.80. The highest BCUT2D eigenvalue weighted by Crippen LogP contribution is 2.34. The Balaban J connectivity index is 1.18. The average Bonchev–Trinajstić information content (AvgIpc) is 3.40. The summed E-state index contributed by atoms with van der Waals surface area (Å²) in [4.78, 5) is 20.6. The standard InChI is InChI=1S/C27H31ClN8O3/c1-38-23-12-18(17-37)20(14-21(23)28)22-16-36-3-2-19(13-24(36)30-22)33-4-6-34(7-5-33)25-15-26(32-27(29)31-25)35-8-10-39-11-9-35/h2-3,12-16,37H,4-11,17H2,1H3,(H2,29,31,32).